The van der Waals surface area contributed by atoms with Gasteiger partial charge in [0.1, 0.15) is 6.26 Å². The Morgan fingerprint density at radius 1 is 0.500 bits per heavy atom. The Morgan fingerprint density at radius 3 is 1.03 bits per heavy atom. The SMILES string of the molecule is CC(=O)c1ccc(Sc2ccc([S+](C)c3ccc(Sc4ccc(C(C)=O)cc4)cc3)cc2)cc1. The number of ketones is 2. The van der Waals surface area contributed by atoms with Crippen molar-refractivity contribution in [1.29, 1.82) is 0 Å². The normalized spacial score (nSPS) is 10.9. The summed E-state index contributed by atoms with van der Waals surface area (Å²) in [5.74, 6) is 0.177. The van der Waals surface area contributed by atoms with Gasteiger partial charge in [0, 0.05) is 30.7 Å². The van der Waals surface area contributed by atoms with E-state index in [2.05, 4.69) is 54.8 Å². The van der Waals surface area contributed by atoms with Crippen LogP contribution in [0.5, 0.6) is 0 Å². The van der Waals surface area contributed by atoms with Crippen molar-refractivity contribution in [3.8, 4) is 0 Å². The van der Waals surface area contributed by atoms with Gasteiger partial charge in [0.25, 0.3) is 0 Å². The van der Waals surface area contributed by atoms with Gasteiger partial charge in [-0.15, -0.1) is 0 Å². The van der Waals surface area contributed by atoms with Crippen LogP contribution in [-0.4, -0.2) is 17.8 Å². The van der Waals surface area contributed by atoms with Crippen molar-refractivity contribution in [3.05, 3.63) is 108 Å². The Balaban J connectivity index is 1.38. The largest absolute Gasteiger partial charge is 0.295 e. The second-order valence-electron chi connectivity index (χ2n) is 7.82. The van der Waals surface area contributed by atoms with Gasteiger partial charge in [-0.1, -0.05) is 47.8 Å². The van der Waals surface area contributed by atoms with E-state index in [1.54, 1.807) is 37.4 Å². The Hall–Kier alpha value is -2.73. The summed E-state index contributed by atoms with van der Waals surface area (Å²) in [7, 11) is -0.0165. The van der Waals surface area contributed by atoms with Crippen molar-refractivity contribution in [3.63, 3.8) is 0 Å². The molecule has 0 aromatic heterocycles. The molecular formula is C29H25O2S3+. The fourth-order valence-corrected chi connectivity index (χ4v) is 6.34. The minimum Gasteiger partial charge on any atom is -0.295 e. The lowest BCUT2D eigenvalue weighted by Crippen LogP contribution is -2.00. The topological polar surface area (TPSA) is 34.1 Å². The Labute approximate surface area is 212 Å². The van der Waals surface area contributed by atoms with Crippen LogP contribution in [0.3, 0.4) is 0 Å². The second-order valence-corrected chi connectivity index (χ2v) is 12.1. The quantitative estimate of drug-likeness (QED) is 0.181. The van der Waals surface area contributed by atoms with Crippen molar-refractivity contribution < 1.29 is 9.59 Å². The summed E-state index contributed by atoms with van der Waals surface area (Å²) >= 11 is 3.40. The predicted molar refractivity (Wildman–Crippen MR) is 144 cm³/mol. The van der Waals surface area contributed by atoms with Gasteiger partial charge in [0.2, 0.25) is 0 Å². The van der Waals surface area contributed by atoms with Gasteiger partial charge in [-0.3, -0.25) is 9.59 Å². The molecule has 2 nitrogen and oxygen atoms in total. The lowest BCUT2D eigenvalue weighted by Gasteiger charge is -2.07. The standard InChI is InChI=1S/C29H25O2S3/c1-20(30)22-4-8-24(9-5-22)32-26-12-16-28(17-13-26)34(3)29-18-14-27(15-19-29)33-25-10-6-23(7-11-25)21(2)31/h4-19H,1-3H3/q+1. The molecule has 0 aliphatic rings. The zero-order valence-electron chi connectivity index (χ0n) is 19.3. The molecule has 0 N–H and O–H groups in total. The highest BCUT2D eigenvalue weighted by molar-refractivity contribution is 7.99. The molecule has 4 aromatic rings. The predicted octanol–water partition coefficient (Wildman–Crippen LogP) is 8.06. The molecule has 4 rings (SSSR count). The van der Waals surface area contributed by atoms with E-state index in [-0.39, 0.29) is 22.5 Å². The molecule has 0 fully saturated rings. The molecule has 0 saturated carbocycles. The third-order valence-electron chi connectivity index (χ3n) is 5.35. The van der Waals surface area contributed by atoms with Gasteiger partial charge < -0.3 is 0 Å². The van der Waals surface area contributed by atoms with E-state index in [9.17, 15) is 9.59 Å². The first-order valence-electron chi connectivity index (χ1n) is 10.8. The van der Waals surface area contributed by atoms with E-state index in [1.807, 2.05) is 48.5 Å². The first-order chi connectivity index (χ1) is 16.4. The lowest BCUT2D eigenvalue weighted by atomic mass is 10.2. The third kappa shape index (κ3) is 6.23. The van der Waals surface area contributed by atoms with Crippen molar-refractivity contribution in [2.75, 3.05) is 6.26 Å². The fraction of sp³-hybridized carbons (Fsp3) is 0.103. The molecule has 0 bridgehead atoms. The summed E-state index contributed by atoms with van der Waals surface area (Å²) in [5.41, 5.74) is 1.48. The van der Waals surface area contributed by atoms with Crippen LogP contribution in [-0.2, 0) is 10.9 Å². The average molecular weight is 502 g/mol. The zero-order valence-corrected chi connectivity index (χ0v) is 21.7. The Bertz CT molecular complexity index is 1170. The summed E-state index contributed by atoms with van der Waals surface area (Å²) in [6.07, 6.45) is 2.26. The maximum absolute atomic E-state index is 11.4. The van der Waals surface area contributed by atoms with Gasteiger partial charge in [-0.2, -0.15) is 0 Å². The molecule has 0 heterocycles. The number of carbonyl (C=O) groups is 2. The second kappa shape index (κ2) is 11.1. The van der Waals surface area contributed by atoms with Gasteiger partial charge in [-0.05, 0) is 86.6 Å². The Kier molecular flexibility index (Phi) is 7.99. The molecule has 0 aliphatic heterocycles. The van der Waals surface area contributed by atoms with Crippen LogP contribution in [0.2, 0.25) is 0 Å². The average Bonchev–Trinajstić information content (AvgIpc) is 2.85. The molecule has 4 aromatic carbocycles. The van der Waals surface area contributed by atoms with Crippen LogP contribution in [0, 0.1) is 0 Å². The molecule has 0 spiro atoms. The maximum atomic E-state index is 11.4. The van der Waals surface area contributed by atoms with E-state index in [4.69, 9.17) is 0 Å². The minimum atomic E-state index is -0.0165. The number of Topliss-reactive ketones (excluding diaryl/α,β-unsaturated/α-hetero) is 2. The van der Waals surface area contributed by atoms with Crippen LogP contribution in [0.25, 0.3) is 0 Å². The van der Waals surface area contributed by atoms with E-state index in [1.165, 1.54) is 19.6 Å². The highest BCUT2D eigenvalue weighted by Crippen LogP contribution is 2.32. The molecule has 0 aliphatic carbocycles. The summed E-state index contributed by atoms with van der Waals surface area (Å²) in [6, 6.07) is 33.0. The molecule has 0 saturated heterocycles. The van der Waals surface area contributed by atoms with Crippen molar-refractivity contribution in [2.24, 2.45) is 0 Å². The molecule has 170 valence electrons. The van der Waals surface area contributed by atoms with Crippen molar-refractivity contribution in [1.82, 2.24) is 0 Å². The van der Waals surface area contributed by atoms with Gasteiger partial charge >= 0.3 is 0 Å². The highest BCUT2D eigenvalue weighted by atomic mass is 32.2. The van der Waals surface area contributed by atoms with E-state index < -0.39 is 0 Å². The molecule has 0 unspecified atom stereocenters. The van der Waals surface area contributed by atoms with Gasteiger partial charge in [0.05, 0.1) is 10.9 Å². The van der Waals surface area contributed by atoms with Crippen LogP contribution < -0.4 is 0 Å². The van der Waals surface area contributed by atoms with Crippen LogP contribution in [0.15, 0.2) is 126 Å². The number of rotatable bonds is 8. The summed E-state index contributed by atoms with van der Waals surface area (Å²) in [4.78, 5) is 30.1. The summed E-state index contributed by atoms with van der Waals surface area (Å²) < 4.78 is 0. The first-order valence-corrected chi connectivity index (χ1v) is 14.1. The van der Waals surface area contributed by atoms with Crippen molar-refractivity contribution in [2.45, 2.75) is 43.2 Å². The van der Waals surface area contributed by atoms with E-state index >= 15 is 0 Å². The number of benzene rings is 4. The fourth-order valence-electron chi connectivity index (χ4n) is 3.35. The Morgan fingerprint density at radius 2 is 0.765 bits per heavy atom. The number of carbonyl (C=O) groups excluding carboxylic acids is 2. The smallest absolute Gasteiger partial charge is 0.160 e. The van der Waals surface area contributed by atoms with Crippen LogP contribution in [0.1, 0.15) is 34.6 Å². The lowest BCUT2D eigenvalue weighted by molar-refractivity contribution is 0.100. The number of hydrogen-bond acceptors (Lipinski definition) is 4. The first kappa shape index (κ1) is 24.4. The van der Waals surface area contributed by atoms with Crippen LogP contribution in [0.4, 0.5) is 0 Å². The highest BCUT2D eigenvalue weighted by Gasteiger charge is 2.19. The molecular weight excluding hydrogens is 477 g/mol. The van der Waals surface area contributed by atoms with Gasteiger partial charge in [-0.25, -0.2) is 0 Å². The zero-order chi connectivity index (χ0) is 24.1. The molecule has 5 heteroatoms. The molecule has 0 amide bonds. The van der Waals surface area contributed by atoms with Gasteiger partial charge in [0.15, 0.2) is 21.4 Å². The summed E-state index contributed by atoms with van der Waals surface area (Å²) in [5, 5.41) is 0. The summed E-state index contributed by atoms with van der Waals surface area (Å²) in [6.45, 7) is 3.18. The molecule has 34 heavy (non-hydrogen) atoms. The van der Waals surface area contributed by atoms with Crippen LogP contribution >= 0.6 is 23.5 Å². The monoisotopic (exact) mass is 501 g/mol. The van der Waals surface area contributed by atoms with E-state index in [0.717, 1.165) is 20.9 Å². The molecule has 0 radical (unpaired) electrons. The third-order valence-corrected chi connectivity index (χ3v) is 9.34. The maximum Gasteiger partial charge on any atom is 0.160 e. The van der Waals surface area contributed by atoms with E-state index in [0.29, 0.717) is 0 Å². The van der Waals surface area contributed by atoms with Crippen molar-refractivity contribution >= 4 is 46.0 Å². The number of hydrogen-bond donors (Lipinski definition) is 0. The molecule has 0 atom stereocenters. The minimum absolute atomic E-state index is 0.0165.